The number of hydrogen-bond donors (Lipinski definition) is 3. The van der Waals surface area contributed by atoms with E-state index in [0.717, 1.165) is 0 Å². The molecule has 29 heavy (non-hydrogen) atoms. The number of rotatable bonds is 7. The molecule has 0 atom stereocenters. The molecule has 0 radical (unpaired) electrons. The smallest absolute Gasteiger partial charge is 0.337 e. The zero-order valence-electron chi connectivity index (χ0n) is 15.8. The summed E-state index contributed by atoms with van der Waals surface area (Å²) in [5, 5.41) is 14.8. The second-order valence-corrected chi connectivity index (χ2v) is 6.32. The number of aliphatic hydroxyl groups excluding tert-OH is 1. The van der Waals surface area contributed by atoms with Crippen molar-refractivity contribution in [1.82, 2.24) is 4.90 Å². The maximum absolute atomic E-state index is 12.5. The van der Waals surface area contributed by atoms with Crippen molar-refractivity contribution in [3.8, 4) is 0 Å². The monoisotopic (exact) mass is 395 g/mol. The van der Waals surface area contributed by atoms with Crippen LogP contribution in [0.25, 0.3) is 0 Å². The number of β-amino-alcohol motifs (C(OH)–C–C–N with tert-alkyl or cyclic N) is 1. The Labute approximate surface area is 167 Å². The molecule has 8 nitrogen and oxygen atoms in total. The molecule has 150 valence electrons. The van der Waals surface area contributed by atoms with Gasteiger partial charge in [0, 0.05) is 23.5 Å². The third kappa shape index (κ3) is 4.61. The molecular formula is C21H21N3O5. The summed E-state index contributed by atoms with van der Waals surface area (Å²) in [6.07, 6.45) is 0. The Morgan fingerprint density at radius 1 is 1.07 bits per heavy atom. The lowest BCUT2D eigenvalue weighted by Gasteiger charge is -2.15. The lowest BCUT2D eigenvalue weighted by molar-refractivity contribution is -0.136. The number of carbonyl (C=O) groups is 3. The molecular weight excluding hydrogens is 374 g/mol. The first-order chi connectivity index (χ1) is 14.0. The largest absolute Gasteiger partial charge is 0.466 e. The SMILES string of the molecule is COC(=O)C1=C(Nc2ccc(NC(=O)c3ccccc3)cc2)C(=O)N(CCO)C1. The number of amides is 2. The van der Waals surface area contributed by atoms with Gasteiger partial charge in [0.1, 0.15) is 5.70 Å². The molecule has 2 aromatic rings. The molecule has 1 aliphatic heterocycles. The van der Waals surface area contributed by atoms with E-state index in [1.54, 1.807) is 48.5 Å². The van der Waals surface area contributed by atoms with Crippen molar-refractivity contribution in [3.05, 3.63) is 71.4 Å². The maximum atomic E-state index is 12.5. The van der Waals surface area contributed by atoms with E-state index >= 15 is 0 Å². The van der Waals surface area contributed by atoms with Gasteiger partial charge < -0.3 is 25.4 Å². The summed E-state index contributed by atoms with van der Waals surface area (Å²) in [5.41, 5.74) is 2.02. The second kappa shape index (κ2) is 9.03. The highest BCUT2D eigenvalue weighted by atomic mass is 16.5. The van der Waals surface area contributed by atoms with Gasteiger partial charge in [-0.1, -0.05) is 18.2 Å². The van der Waals surface area contributed by atoms with Crippen LogP contribution in [0.5, 0.6) is 0 Å². The first-order valence-corrected chi connectivity index (χ1v) is 8.98. The zero-order chi connectivity index (χ0) is 20.8. The summed E-state index contributed by atoms with van der Waals surface area (Å²) >= 11 is 0. The van der Waals surface area contributed by atoms with Gasteiger partial charge >= 0.3 is 5.97 Å². The Kier molecular flexibility index (Phi) is 6.25. The fourth-order valence-electron chi connectivity index (χ4n) is 2.92. The molecule has 0 saturated carbocycles. The van der Waals surface area contributed by atoms with Crippen molar-refractivity contribution in [2.24, 2.45) is 0 Å². The molecule has 3 N–H and O–H groups in total. The predicted molar refractivity (Wildman–Crippen MR) is 107 cm³/mol. The summed E-state index contributed by atoms with van der Waals surface area (Å²) in [5.74, 6) is -1.22. The molecule has 1 heterocycles. The van der Waals surface area contributed by atoms with Gasteiger partial charge in [-0.25, -0.2) is 4.79 Å². The Bertz CT molecular complexity index is 939. The molecule has 1 aliphatic rings. The Balaban J connectivity index is 1.73. The fourth-order valence-corrected chi connectivity index (χ4v) is 2.92. The number of hydrogen-bond acceptors (Lipinski definition) is 6. The topological polar surface area (TPSA) is 108 Å². The standard InChI is InChI=1S/C21H21N3O5/c1-29-21(28)17-13-24(11-12-25)20(27)18(17)22-15-7-9-16(10-8-15)23-19(26)14-5-3-2-4-6-14/h2-10,22,25H,11-13H2,1H3,(H,23,26). The summed E-state index contributed by atoms with van der Waals surface area (Å²) in [4.78, 5) is 38.1. The lowest BCUT2D eigenvalue weighted by atomic mass is 10.2. The maximum Gasteiger partial charge on any atom is 0.337 e. The van der Waals surface area contributed by atoms with E-state index in [0.29, 0.717) is 16.9 Å². The van der Waals surface area contributed by atoms with Gasteiger partial charge in [-0.2, -0.15) is 0 Å². The summed E-state index contributed by atoms with van der Waals surface area (Å²) < 4.78 is 4.76. The molecule has 2 aromatic carbocycles. The molecule has 3 rings (SSSR count). The highest BCUT2D eigenvalue weighted by Crippen LogP contribution is 2.23. The van der Waals surface area contributed by atoms with Crippen molar-refractivity contribution in [3.63, 3.8) is 0 Å². The Morgan fingerprint density at radius 3 is 2.34 bits per heavy atom. The minimum Gasteiger partial charge on any atom is -0.466 e. The number of benzene rings is 2. The van der Waals surface area contributed by atoms with Crippen LogP contribution in [0.3, 0.4) is 0 Å². The normalized spacial score (nSPS) is 13.4. The van der Waals surface area contributed by atoms with Crippen LogP contribution in [0.2, 0.25) is 0 Å². The number of carbonyl (C=O) groups excluding carboxylic acids is 3. The number of methoxy groups -OCH3 is 1. The highest BCUT2D eigenvalue weighted by Gasteiger charge is 2.34. The molecule has 0 spiro atoms. The van der Waals surface area contributed by atoms with Crippen LogP contribution in [0.4, 0.5) is 11.4 Å². The zero-order valence-corrected chi connectivity index (χ0v) is 15.8. The van der Waals surface area contributed by atoms with Gasteiger partial charge in [0.25, 0.3) is 11.8 Å². The van der Waals surface area contributed by atoms with Crippen molar-refractivity contribution in [1.29, 1.82) is 0 Å². The van der Waals surface area contributed by atoms with Gasteiger partial charge in [0.15, 0.2) is 0 Å². The molecule has 0 saturated heterocycles. The van der Waals surface area contributed by atoms with Crippen LogP contribution < -0.4 is 10.6 Å². The van der Waals surface area contributed by atoms with Crippen molar-refractivity contribution < 1.29 is 24.2 Å². The van der Waals surface area contributed by atoms with Crippen LogP contribution in [-0.4, -0.2) is 54.6 Å². The van der Waals surface area contributed by atoms with Crippen LogP contribution >= 0.6 is 0 Å². The first-order valence-electron chi connectivity index (χ1n) is 8.98. The van der Waals surface area contributed by atoms with E-state index in [-0.39, 0.29) is 42.8 Å². The Morgan fingerprint density at radius 2 is 1.72 bits per heavy atom. The van der Waals surface area contributed by atoms with E-state index < -0.39 is 5.97 Å². The fraction of sp³-hybridized carbons (Fsp3) is 0.190. The average Bonchev–Trinajstić information content (AvgIpc) is 3.05. The van der Waals surface area contributed by atoms with Crippen molar-refractivity contribution in [2.75, 3.05) is 37.4 Å². The molecule has 0 aliphatic carbocycles. The quantitative estimate of drug-likeness (QED) is 0.615. The molecule has 8 heteroatoms. The predicted octanol–water partition coefficient (Wildman–Crippen LogP) is 1.61. The van der Waals surface area contributed by atoms with Gasteiger partial charge in [0.05, 0.1) is 25.8 Å². The highest BCUT2D eigenvalue weighted by molar-refractivity contribution is 6.08. The Hall–Kier alpha value is -3.65. The van der Waals surface area contributed by atoms with E-state index in [2.05, 4.69) is 10.6 Å². The van der Waals surface area contributed by atoms with Crippen LogP contribution in [0, 0.1) is 0 Å². The number of ether oxygens (including phenoxy) is 1. The minimum atomic E-state index is -0.604. The molecule has 0 bridgehead atoms. The second-order valence-electron chi connectivity index (χ2n) is 6.32. The molecule has 0 unspecified atom stereocenters. The average molecular weight is 395 g/mol. The first kappa shape index (κ1) is 20.1. The third-order valence-electron chi connectivity index (χ3n) is 4.40. The van der Waals surface area contributed by atoms with Crippen molar-refractivity contribution in [2.45, 2.75) is 0 Å². The van der Waals surface area contributed by atoms with Crippen LogP contribution in [-0.2, 0) is 14.3 Å². The lowest BCUT2D eigenvalue weighted by Crippen LogP contribution is -2.31. The summed E-state index contributed by atoms with van der Waals surface area (Å²) in [7, 11) is 1.25. The number of aliphatic hydroxyl groups is 1. The van der Waals surface area contributed by atoms with Gasteiger partial charge in [-0.15, -0.1) is 0 Å². The van der Waals surface area contributed by atoms with Gasteiger partial charge in [-0.05, 0) is 36.4 Å². The molecule has 0 aromatic heterocycles. The van der Waals surface area contributed by atoms with Crippen LogP contribution in [0.1, 0.15) is 10.4 Å². The summed E-state index contributed by atoms with van der Waals surface area (Å²) in [6.45, 7) is -0.0160. The van der Waals surface area contributed by atoms with Gasteiger partial charge in [0.2, 0.25) is 0 Å². The minimum absolute atomic E-state index is 0.0691. The van der Waals surface area contributed by atoms with E-state index in [4.69, 9.17) is 9.84 Å². The van der Waals surface area contributed by atoms with Crippen LogP contribution in [0.15, 0.2) is 65.9 Å². The molecule has 0 fully saturated rings. The number of nitrogens with one attached hydrogen (secondary N) is 2. The van der Waals surface area contributed by atoms with E-state index in [9.17, 15) is 14.4 Å². The number of nitrogens with zero attached hydrogens (tertiary/aromatic N) is 1. The third-order valence-corrected chi connectivity index (χ3v) is 4.40. The van der Waals surface area contributed by atoms with Gasteiger partial charge in [-0.3, -0.25) is 9.59 Å². The molecule has 2 amide bonds. The number of esters is 1. The van der Waals surface area contributed by atoms with E-state index in [1.165, 1.54) is 12.0 Å². The number of anilines is 2. The van der Waals surface area contributed by atoms with E-state index in [1.807, 2.05) is 6.07 Å². The van der Waals surface area contributed by atoms with Crippen molar-refractivity contribution >= 4 is 29.2 Å². The summed E-state index contributed by atoms with van der Waals surface area (Å²) in [6, 6.07) is 15.6.